The van der Waals surface area contributed by atoms with Gasteiger partial charge < -0.3 is 14.6 Å². The third-order valence-electron chi connectivity index (χ3n) is 2.99. The minimum atomic E-state index is -3.86. The maximum atomic E-state index is 12.3. The zero-order chi connectivity index (χ0) is 16.8. The summed E-state index contributed by atoms with van der Waals surface area (Å²) in [6.07, 6.45) is 0. The van der Waals surface area contributed by atoms with Crippen LogP contribution in [-0.4, -0.2) is 25.3 Å². The van der Waals surface area contributed by atoms with Gasteiger partial charge in [0.1, 0.15) is 4.21 Å². The summed E-state index contributed by atoms with van der Waals surface area (Å²) in [5.41, 5.74) is 0.234. The van der Waals surface area contributed by atoms with E-state index in [0.29, 0.717) is 17.2 Å². The highest BCUT2D eigenvalue weighted by Gasteiger charge is 2.32. The predicted molar refractivity (Wildman–Crippen MR) is 83.9 cm³/mol. The Morgan fingerprint density at radius 3 is 2.57 bits per heavy atom. The van der Waals surface area contributed by atoms with Crippen LogP contribution in [0.15, 0.2) is 33.9 Å². The Morgan fingerprint density at radius 1 is 1.22 bits per heavy atom. The van der Waals surface area contributed by atoms with Gasteiger partial charge in [-0.25, -0.2) is 13.2 Å². The van der Waals surface area contributed by atoms with Gasteiger partial charge >= 0.3 is 5.97 Å². The average Bonchev–Trinajstić information content (AvgIpc) is 3.00. The van der Waals surface area contributed by atoms with Crippen molar-refractivity contribution in [2.24, 2.45) is 0 Å². The van der Waals surface area contributed by atoms with Crippen LogP contribution in [0.2, 0.25) is 0 Å². The highest BCUT2D eigenvalue weighted by molar-refractivity contribution is 7.94. The number of anilines is 1. The molecule has 0 saturated heterocycles. The molecule has 0 spiro atoms. The molecule has 2 heterocycles. The van der Waals surface area contributed by atoms with E-state index >= 15 is 0 Å². The molecule has 9 heteroatoms. The van der Waals surface area contributed by atoms with Crippen molar-refractivity contribution < 1.29 is 27.8 Å². The number of carboxylic acids is 1. The standard InChI is InChI=1S/C14H13NO6S2/c1-14(2)20-10-4-3-9(6-11(10)21-14)15-23(18,19)12-5-8(7-22-12)13(16)17/h3-7,15H,1-2H3,(H,16,17). The smallest absolute Gasteiger partial charge is 0.336 e. The molecule has 2 aromatic rings. The SMILES string of the molecule is CC1(C)Oc2ccc(NS(=O)(=O)c3cc(C(=O)O)cs3)cc2O1. The molecule has 0 aliphatic carbocycles. The van der Waals surface area contributed by atoms with E-state index in [0.717, 1.165) is 17.4 Å². The van der Waals surface area contributed by atoms with Gasteiger partial charge in [0, 0.05) is 25.3 Å². The Labute approximate surface area is 136 Å². The van der Waals surface area contributed by atoms with Crippen molar-refractivity contribution in [3.63, 3.8) is 0 Å². The van der Waals surface area contributed by atoms with E-state index in [4.69, 9.17) is 14.6 Å². The van der Waals surface area contributed by atoms with E-state index in [1.807, 2.05) is 0 Å². The largest absolute Gasteiger partial charge is 0.478 e. The summed E-state index contributed by atoms with van der Waals surface area (Å²) < 4.78 is 38.0. The number of nitrogens with one attached hydrogen (secondary N) is 1. The molecule has 0 atom stereocenters. The zero-order valence-corrected chi connectivity index (χ0v) is 13.8. The number of benzene rings is 1. The van der Waals surface area contributed by atoms with Crippen molar-refractivity contribution in [3.8, 4) is 11.5 Å². The molecule has 1 aromatic heterocycles. The number of hydrogen-bond donors (Lipinski definition) is 2. The first-order valence-electron chi connectivity index (χ1n) is 6.53. The van der Waals surface area contributed by atoms with Gasteiger partial charge in [-0.05, 0) is 18.2 Å². The monoisotopic (exact) mass is 355 g/mol. The second kappa shape index (κ2) is 5.14. The van der Waals surface area contributed by atoms with E-state index in [9.17, 15) is 13.2 Å². The molecule has 0 fully saturated rings. The lowest BCUT2D eigenvalue weighted by Crippen LogP contribution is -2.29. The fraction of sp³-hybridized carbons (Fsp3) is 0.214. The van der Waals surface area contributed by atoms with Crippen LogP contribution in [0.4, 0.5) is 5.69 Å². The first-order valence-corrected chi connectivity index (χ1v) is 8.89. The Morgan fingerprint density at radius 2 is 1.91 bits per heavy atom. The minimum Gasteiger partial charge on any atom is -0.478 e. The molecule has 3 rings (SSSR count). The topological polar surface area (TPSA) is 102 Å². The number of rotatable bonds is 4. The maximum absolute atomic E-state index is 12.3. The van der Waals surface area contributed by atoms with Gasteiger partial charge in [-0.15, -0.1) is 11.3 Å². The van der Waals surface area contributed by atoms with Crippen LogP contribution in [0, 0.1) is 0 Å². The molecular formula is C14H13NO6S2. The van der Waals surface area contributed by atoms with Crippen LogP contribution in [0.5, 0.6) is 11.5 Å². The van der Waals surface area contributed by atoms with Gasteiger partial charge in [-0.2, -0.15) is 0 Å². The van der Waals surface area contributed by atoms with Crippen molar-refractivity contribution in [2.75, 3.05) is 4.72 Å². The molecule has 0 radical (unpaired) electrons. The van der Waals surface area contributed by atoms with E-state index in [1.54, 1.807) is 26.0 Å². The van der Waals surface area contributed by atoms with Crippen LogP contribution in [0.3, 0.4) is 0 Å². The Hall–Kier alpha value is -2.26. The summed E-state index contributed by atoms with van der Waals surface area (Å²) in [7, 11) is -3.86. The summed E-state index contributed by atoms with van der Waals surface area (Å²) in [5, 5.41) is 10.1. The van der Waals surface area contributed by atoms with Crippen LogP contribution in [0.25, 0.3) is 0 Å². The number of carboxylic acid groups (broad SMARTS) is 1. The number of hydrogen-bond acceptors (Lipinski definition) is 6. The van der Waals surface area contributed by atoms with Gasteiger partial charge in [0.25, 0.3) is 10.0 Å². The fourth-order valence-corrected chi connectivity index (χ4v) is 4.26. The molecule has 122 valence electrons. The molecule has 2 N–H and O–H groups in total. The average molecular weight is 355 g/mol. The summed E-state index contributed by atoms with van der Waals surface area (Å²) in [6, 6.07) is 5.80. The molecule has 7 nitrogen and oxygen atoms in total. The van der Waals surface area contributed by atoms with E-state index < -0.39 is 21.8 Å². The first-order chi connectivity index (χ1) is 10.7. The summed E-state index contributed by atoms with van der Waals surface area (Å²) in [6.45, 7) is 3.49. The van der Waals surface area contributed by atoms with Gasteiger partial charge in [-0.1, -0.05) is 0 Å². The zero-order valence-electron chi connectivity index (χ0n) is 12.2. The molecule has 0 bridgehead atoms. The Balaban J connectivity index is 1.85. The summed E-state index contributed by atoms with van der Waals surface area (Å²) in [5.74, 6) is -1.01. The quantitative estimate of drug-likeness (QED) is 0.874. The lowest BCUT2D eigenvalue weighted by Gasteiger charge is -2.16. The number of carbonyl (C=O) groups is 1. The molecule has 0 saturated carbocycles. The van der Waals surface area contributed by atoms with Crippen LogP contribution in [-0.2, 0) is 10.0 Å². The van der Waals surface area contributed by atoms with Gasteiger partial charge in [0.05, 0.1) is 11.3 Å². The first kappa shape index (κ1) is 15.6. The van der Waals surface area contributed by atoms with Crippen LogP contribution in [0.1, 0.15) is 24.2 Å². The van der Waals surface area contributed by atoms with Gasteiger partial charge in [0.2, 0.25) is 5.79 Å². The second-order valence-electron chi connectivity index (χ2n) is 5.33. The van der Waals surface area contributed by atoms with Crippen molar-refractivity contribution in [1.29, 1.82) is 0 Å². The molecule has 1 aliphatic heterocycles. The number of ether oxygens (including phenoxy) is 2. The molecule has 1 aromatic carbocycles. The number of thiophene rings is 1. The number of aromatic carboxylic acids is 1. The number of fused-ring (bicyclic) bond motifs is 1. The van der Waals surface area contributed by atoms with E-state index in [1.165, 1.54) is 11.4 Å². The lowest BCUT2D eigenvalue weighted by molar-refractivity contribution is -0.0431. The lowest BCUT2D eigenvalue weighted by atomic mass is 10.3. The van der Waals surface area contributed by atoms with Crippen molar-refractivity contribution in [2.45, 2.75) is 23.8 Å². The Bertz CT molecular complexity index is 884. The minimum absolute atomic E-state index is 0.0668. The van der Waals surface area contributed by atoms with Gasteiger partial charge in [-0.3, -0.25) is 4.72 Å². The highest BCUT2D eigenvalue weighted by atomic mass is 32.2. The van der Waals surface area contributed by atoms with E-state index in [-0.39, 0.29) is 9.77 Å². The van der Waals surface area contributed by atoms with Gasteiger partial charge in [0.15, 0.2) is 11.5 Å². The van der Waals surface area contributed by atoms with Crippen molar-refractivity contribution in [1.82, 2.24) is 0 Å². The number of sulfonamides is 1. The van der Waals surface area contributed by atoms with Crippen LogP contribution >= 0.6 is 11.3 Å². The normalized spacial score (nSPS) is 15.4. The van der Waals surface area contributed by atoms with Crippen molar-refractivity contribution in [3.05, 3.63) is 35.2 Å². The molecule has 0 unspecified atom stereocenters. The maximum Gasteiger partial charge on any atom is 0.336 e. The fourth-order valence-electron chi connectivity index (χ4n) is 2.06. The molecule has 0 amide bonds. The molecule has 1 aliphatic rings. The highest BCUT2D eigenvalue weighted by Crippen LogP contribution is 2.41. The van der Waals surface area contributed by atoms with Crippen molar-refractivity contribution >= 4 is 33.0 Å². The third kappa shape index (κ3) is 3.10. The van der Waals surface area contributed by atoms with Crippen LogP contribution < -0.4 is 14.2 Å². The molecule has 23 heavy (non-hydrogen) atoms. The second-order valence-corrected chi connectivity index (χ2v) is 8.15. The molecular weight excluding hydrogens is 342 g/mol. The Kier molecular flexibility index (Phi) is 3.49. The van der Waals surface area contributed by atoms with E-state index in [2.05, 4.69) is 4.72 Å². The summed E-state index contributed by atoms with van der Waals surface area (Å²) >= 11 is 0.842. The summed E-state index contributed by atoms with van der Waals surface area (Å²) in [4.78, 5) is 10.8. The third-order valence-corrected chi connectivity index (χ3v) is 5.82. The predicted octanol–water partition coefficient (Wildman–Crippen LogP) is 2.75.